The molecule has 3 nitrogen and oxygen atoms in total. The summed E-state index contributed by atoms with van der Waals surface area (Å²) in [5.74, 6) is 0. The molecule has 0 bridgehead atoms. The van der Waals surface area contributed by atoms with Gasteiger partial charge in [-0.25, -0.2) is 0 Å². The van der Waals surface area contributed by atoms with Crippen molar-refractivity contribution in [3.63, 3.8) is 0 Å². The van der Waals surface area contributed by atoms with Gasteiger partial charge in [0, 0.05) is 17.6 Å². The van der Waals surface area contributed by atoms with Crippen molar-refractivity contribution in [3.8, 4) is 0 Å². The normalized spacial score (nSPS) is 20.2. The summed E-state index contributed by atoms with van der Waals surface area (Å²) in [5, 5.41) is 13.2. The predicted octanol–water partition coefficient (Wildman–Crippen LogP) is 2.39. The maximum atomic E-state index is 9.68. The summed E-state index contributed by atoms with van der Waals surface area (Å²) in [6, 6.07) is 1.26. The van der Waals surface area contributed by atoms with Crippen molar-refractivity contribution in [1.82, 2.24) is 10.2 Å². The monoisotopic (exact) mass is 256 g/mol. The number of nitrogens with zero attached hydrogens (tertiary/aromatic N) is 1. The van der Waals surface area contributed by atoms with Gasteiger partial charge in [-0.15, -0.1) is 0 Å². The van der Waals surface area contributed by atoms with Crippen molar-refractivity contribution >= 4 is 0 Å². The van der Waals surface area contributed by atoms with Gasteiger partial charge in [-0.1, -0.05) is 27.2 Å². The van der Waals surface area contributed by atoms with Crippen LogP contribution in [0.15, 0.2) is 0 Å². The number of nitrogens with one attached hydrogen (secondary N) is 1. The second kappa shape index (κ2) is 7.46. The highest BCUT2D eigenvalue weighted by Crippen LogP contribution is 2.24. The Morgan fingerprint density at radius 1 is 1.39 bits per heavy atom. The highest BCUT2D eigenvalue weighted by atomic mass is 16.3. The van der Waals surface area contributed by atoms with Crippen molar-refractivity contribution in [2.24, 2.45) is 0 Å². The summed E-state index contributed by atoms with van der Waals surface area (Å²) < 4.78 is 0. The van der Waals surface area contributed by atoms with E-state index in [0.717, 1.165) is 25.4 Å². The molecule has 0 radical (unpaired) electrons. The molecule has 0 saturated heterocycles. The summed E-state index contributed by atoms with van der Waals surface area (Å²) in [6.45, 7) is 7.88. The van der Waals surface area contributed by atoms with Gasteiger partial charge in [0.1, 0.15) is 0 Å². The second-order valence-corrected chi connectivity index (χ2v) is 6.26. The van der Waals surface area contributed by atoms with Crippen LogP contribution < -0.4 is 5.32 Å². The molecule has 1 aliphatic carbocycles. The molecule has 1 fully saturated rings. The third-order valence-electron chi connectivity index (χ3n) is 4.44. The topological polar surface area (TPSA) is 35.5 Å². The lowest BCUT2D eigenvalue weighted by Crippen LogP contribution is -2.51. The lowest BCUT2D eigenvalue weighted by atomic mass is 9.89. The third-order valence-corrected chi connectivity index (χ3v) is 4.44. The lowest BCUT2D eigenvalue weighted by molar-refractivity contribution is 0.118. The SMILES string of the molecule is CCC(CO)(CCCN(C)C1CCC1)NC(C)C. The molecule has 18 heavy (non-hydrogen) atoms. The van der Waals surface area contributed by atoms with Gasteiger partial charge >= 0.3 is 0 Å². The summed E-state index contributed by atoms with van der Waals surface area (Å²) in [4.78, 5) is 2.50. The first-order valence-electron chi connectivity index (χ1n) is 7.62. The van der Waals surface area contributed by atoms with Crippen molar-refractivity contribution in [2.45, 2.75) is 76.9 Å². The largest absolute Gasteiger partial charge is 0.394 e. The van der Waals surface area contributed by atoms with Crippen molar-refractivity contribution < 1.29 is 5.11 Å². The van der Waals surface area contributed by atoms with E-state index in [1.54, 1.807) is 0 Å². The molecule has 0 spiro atoms. The quantitative estimate of drug-likeness (QED) is 0.665. The van der Waals surface area contributed by atoms with Gasteiger partial charge in [0.25, 0.3) is 0 Å². The van der Waals surface area contributed by atoms with E-state index >= 15 is 0 Å². The summed E-state index contributed by atoms with van der Waals surface area (Å²) in [5.41, 5.74) is -0.0748. The molecular weight excluding hydrogens is 224 g/mol. The van der Waals surface area contributed by atoms with E-state index in [0.29, 0.717) is 6.04 Å². The van der Waals surface area contributed by atoms with Crippen LogP contribution in [-0.4, -0.2) is 47.8 Å². The summed E-state index contributed by atoms with van der Waals surface area (Å²) >= 11 is 0. The van der Waals surface area contributed by atoms with Gasteiger partial charge < -0.3 is 15.3 Å². The van der Waals surface area contributed by atoms with E-state index in [4.69, 9.17) is 0 Å². The first-order chi connectivity index (χ1) is 8.53. The van der Waals surface area contributed by atoms with Crippen LogP contribution in [0.4, 0.5) is 0 Å². The molecule has 0 aliphatic heterocycles. The van der Waals surface area contributed by atoms with E-state index < -0.39 is 0 Å². The minimum atomic E-state index is -0.0748. The van der Waals surface area contributed by atoms with Gasteiger partial charge in [-0.3, -0.25) is 0 Å². The number of hydrogen-bond acceptors (Lipinski definition) is 3. The Hall–Kier alpha value is -0.120. The van der Waals surface area contributed by atoms with Gasteiger partial charge in [0.05, 0.1) is 6.61 Å². The molecule has 1 saturated carbocycles. The molecule has 1 rings (SSSR count). The zero-order chi connectivity index (χ0) is 13.6. The maximum Gasteiger partial charge on any atom is 0.0613 e. The molecule has 108 valence electrons. The van der Waals surface area contributed by atoms with E-state index in [-0.39, 0.29) is 12.1 Å². The van der Waals surface area contributed by atoms with E-state index in [2.05, 4.69) is 38.0 Å². The Kier molecular flexibility index (Phi) is 6.61. The van der Waals surface area contributed by atoms with Gasteiger partial charge in [0.15, 0.2) is 0 Å². The first-order valence-corrected chi connectivity index (χ1v) is 7.62. The fourth-order valence-corrected chi connectivity index (χ4v) is 2.88. The predicted molar refractivity (Wildman–Crippen MR) is 77.9 cm³/mol. The van der Waals surface area contributed by atoms with Crippen LogP contribution in [0.5, 0.6) is 0 Å². The van der Waals surface area contributed by atoms with Crippen LogP contribution in [0.1, 0.15) is 59.3 Å². The van der Waals surface area contributed by atoms with Gasteiger partial charge in [-0.2, -0.15) is 0 Å². The summed E-state index contributed by atoms with van der Waals surface area (Å²) in [7, 11) is 2.24. The second-order valence-electron chi connectivity index (χ2n) is 6.26. The molecule has 1 aliphatic rings. The highest BCUT2D eigenvalue weighted by Gasteiger charge is 2.28. The molecule has 0 aromatic rings. The number of aliphatic hydroxyl groups excluding tert-OH is 1. The fourth-order valence-electron chi connectivity index (χ4n) is 2.88. The minimum Gasteiger partial charge on any atom is -0.394 e. The van der Waals surface area contributed by atoms with Crippen LogP contribution in [0, 0.1) is 0 Å². The standard InChI is InChI=1S/C15H32N2O/c1-5-15(12-18,16-13(2)3)10-7-11-17(4)14-8-6-9-14/h13-14,16,18H,5-12H2,1-4H3. The molecule has 0 aromatic carbocycles. The fraction of sp³-hybridized carbons (Fsp3) is 1.00. The van der Waals surface area contributed by atoms with Gasteiger partial charge in [0.2, 0.25) is 0 Å². The average molecular weight is 256 g/mol. The van der Waals surface area contributed by atoms with Gasteiger partial charge in [-0.05, 0) is 45.7 Å². The number of aliphatic hydroxyl groups is 1. The molecule has 1 atom stereocenters. The molecule has 1 unspecified atom stereocenters. The Bertz CT molecular complexity index is 223. The van der Waals surface area contributed by atoms with Crippen LogP contribution >= 0.6 is 0 Å². The van der Waals surface area contributed by atoms with Crippen molar-refractivity contribution in [1.29, 1.82) is 0 Å². The van der Waals surface area contributed by atoms with E-state index in [9.17, 15) is 5.11 Å². The Morgan fingerprint density at radius 2 is 2.06 bits per heavy atom. The van der Waals surface area contributed by atoms with E-state index in [1.807, 2.05) is 0 Å². The average Bonchev–Trinajstić information content (AvgIpc) is 2.24. The zero-order valence-corrected chi connectivity index (χ0v) is 12.7. The van der Waals surface area contributed by atoms with Crippen molar-refractivity contribution in [2.75, 3.05) is 20.2 Å². The third kappa shape index (κ3) is 4.52. The zero-order valence-electron chi connectivity index (χ0n) is 12.7. The molecule has 3 heteroatoms. The molecule has 2 N–H and O–H groups in total. The van der Waals surface area contributed by atoms with Crippen LogP contribution in [-0.2, 0) is 0 Å². The Balaban J connectivity index is 2.31. The first kappa shape index (κ1) is 15.9. The van der Waals surface area contributed by atoms with Crippen LogP contribution in [0.3, 0.4) is 0 Å². The highest BCUT2D eigenvalue weighted by molar-refractivity contribution is 4.88. The Labute approximate surface area is 113 Å². The molecule has 0 aromatic heterocycles. The smallest absolute Gasteiger partial charge is 0.0613 e. The molecule has 0 amide bonds. The van der Waals surface area contributed by atoms with Crippen molar-refractivity contribution in [3.05, 3.63) is 0 Å². The van der Waals surface area contributed by atoms with E-state index in [1.165, 1.54) is 25.7 Å². The number of rotatable bonds is 9. The Morgan fingerprint density at radius 3 is 2.44 bits per heavy atom. The van der Waals surface area contributed by atoms with Crippen LogP contribution in [0.25, 0.3) is 0 Å². The minimum absolute atomic E-state index is 0.0748. The molecular formula is C15H32N2O. The lowest BCUT2D eigenvalue weighted by Gasteiger charge is -2.37. The molecule has 0 heterocycles. The maximum absolute atomic E-state index is 9.68. The van der Waals surface area contributed by atoms with Crippen LogP contribution in [0.2, 0.25) is 0 Å². The number of hydrogen-bond donors (Lipinski definition) is 2. The summed E-state index contributed by atoms with van der Waals surface area (Å²) in [6.07, 6.45) is 7.38.